The van der Waals surface area contributed by atoms with Crippen molar-refractivity contribution in [1.29, 1.82) is 0 Å². The van der Waals surface area contributed by atoms with E-state index in [0.29, 0.717) is 6.04 Å². The maximum absolute atomic E-state index is 6.38. The predicted molar refractivity (Wildman–Crippen MR) is 76.6 cm³/mol. The summed E-state index contributed by atoms with van der Waals surface area (Å²) in [5, 5.41) is 3.44. The van der Waals surface area contributed by atoms with Gasteiger partial charge in [-0.25, -0.2) is 0 Å². The van der Waals surface area contributed by atoms with Gasteiger partial charge in [-0.05, 0) is 37.5 Å². The first-order valence-electron chi connectivity index (χ1n) is 6.83. The maximum Gasteiger partial charge on any atom is 0.124 e. The van der Waals surface area contributed by atoms with Gasteiger partial charge in [0, 0.05) is 24.2 Å². The van der Waals surface area contributed by atoms with Gasteiger partial charge in [0.05, 0.1) is 20.3 Å². The summed E-state index contributed by atoms with van der Waals surface area (Å²) in [6.07, 6.45) is 0.861. The maximum atomic E-state index is 6.38. The summed E-state index contributed by atoms with van der Waals surface area (Å²) in [6.45, 7) is 6.60. The summed E-state index contributed by atoms with van der Waals surface area (Å²) in [4.78, 5) is 0. The van der Waals surface area contributed by atoms with Crippen LogP contribution in [0.15, 0.2) is 12.1 Å². The van der Waals surface area contributed by atoms with E-state index >= 15 is 0 Å². The lowest BCUT2D eigenvalue weighted by molar-refractivity contribution is 0.0719. The molecule has 0 aliphatic carbocycles. The second kappa shape index (κ2) is 6.37. The first kappa shape index (κ1) is 14.3. The zero-order valence-electron chi connectivity index (χ0n) is 12.0. The summed E-state index contributed by atoms with van der Waals surface area (Å²) in [5.41, 5.74) is 9.88. The number of ether oxygens (including phenoxy) is 2. The van der Waals surface area contributed by atoms with Gasteiger partial charge in [-0.2, -0.15) is 0 Å². The molecule has 0 aromatic heterocycles. The normalized spacial score (nSPS) is 21.2. The van der Waals surface area contributed by atoms with Crippen LogP contribution in [0.3, 0.4) is 0 Å². The summed E-state index contributed by atoms with van der Waals surface area (Å²) in [6, 6.07) is 4.50. The van der Waals surface area contributed by atoms with E-state index in [-0.39, 0.29) is 6.04 Å². The molecule has 106 valence electrons. The third-order valence-corrected chi connectivity index (χ3v) is 3.62. The van der Waals surface area contributed by atoms with Crippen LogP contribution in [-0.2, 0) is 4.74 Å². The Balaban J connectivity index is 2.15. The topological polar surface area (TPSA) is 56.5 Å². The van der Waals surface area contributed by atoms with Crippen molar-refractivity contribution in [2.24, 2.45) is 5.73 Å². The lowest BCUT2D eigenvalue weighted by atomic mass is 9.94. The van der Waals surface area contributed by atoms with Crippen LogP contribution in [0.4, 0.5) is 0 Å². The highest BCUT2D eigenvalue weighted by atomic mass is 16.5. The van der Waals surface area contributed by atoms with E-state index in [4.69, 9.17) is 15.2 Å². The smallest absolute Gasteiger partial charge is 0.124 e. The fraction of sp³-hybridized carbons (Fsp3) is 0.600. The van der Waals surface area contributed by atoms with Crippen molar-refractivity contribution in [3.8, 4) is 5.75 Å². The van der Waals surface area contributed by atoms with Gasteiger partial charge in [-0.15, -0.1) is 0 Å². The zero-order valence-corrected chi connectivity index (χ0v) is 12.0. The number of rotatable bonds is 4. The molecule has 4 heteroatoms. The number of nitrogens with one attached hydrogen (secondary N) is 1. The minimum atomic E-state index is -0.0326. The molecule has 0 bridgehead atoms. The quantitative estimate of drug-likeness (QED) is 0.869. The molecule has 4 nitrogen and oxygen atoms in total. The Morgan fingerprint density at radius 1 is 1.47 bits per heavy atom. The van der Waals surface area contributed by atoms with Gasteiger partial charge in [-0.1, -0.05) is 6.07 Å². The first-order chi connectivity index (χ1) is 9.11. The number of hydrogen-bond donors (Lipinski definition) is 2. The van der Waals surface area contributed by atoms with Crippen LogP contribution in [0.25, 0.3) is 0 Å². The van der Waals surface area contributed by atoms with Crippen molar-refractivity contribution < 1.29 is 9.47 Å². The molecule has 0 saturated carbocycles. The van der Waals surface area contributed by atoms with Crippen molar-refractivity contribution in [2.45, 2.75) is 32.4 Å². The van der Waals surface area contributed by atoms with Crippen molar-refractivity contribution in [1.82, 2.24) is 5.32 Å². The number of benzene rings is 1. The second-order valence-electron chi connectivity index (χ2n) is 5.27. The number of morpholine rings is 1. The van der Waals surface area contributed by atoms with E-state index in [1.807, 2.05) is 6.07 Å². The monoisotopic (exact) mass is 264 g/mol. The highest BCUT2D eigenvalue weighted by molar-refractivity contribution is 5.45. The molecule has 1 fully saturated rings. The molecule has 3 N–H and O–H groups in total. The molecule has 19 heavy (non-hydrogen) atoms. The molecule has 0 amide bonds. The lowest BCUT2D eigenvalue weighted by Gasteiger charge is -2.27. The molecular weight excluding hydrogens is 240 g/mol. The van der Waals surface area contributed by atoms with Crippen LogP contribution in [0.5, 0.6) is 5.75 Å². The molecule has 0 radical (unpaired) electrons. The number of nitrogens with two attached hydrogens (primary N) is 1. The Bertz CT molecular complexity index is 428. The van der Waals surface area contributed by atoms with Gasteiger partial charge in [-0.3, -0.25) is 0 Å². The minimum Gasteiger partial charge on any atom is -0.496 e. The van der Waals surface area contributed by atoms with E-state index in [1.54, 1.807) is 7.11 Å². The predicted octanol–water partition coefficient (Wildman–Crippen LogP) is 1.69. The van der Waals surface area contributed by atoms with E-state index in [0.717, 1.165) is 37.5 Å². The van der Waals surface area contributed by atoms with E-state index in [1.165, 1.54) is 11.1 Å². The van der Waals surface area contributed by atoms with Crippen LogP contribution in [0, 0.1) is 13.8 Å². The molecule has 1 aromatic carbocycles. The Labute approximate surface area is 115 Å². The van der Waals surface area contributed by atoms with Crippen molar-refractivity contribution in [3.05, 3.63) is 28.8 Å². The fourth-order valence-corrected chi connectivity index (χ4v) is 2.78. The second-order valence-corrected chi connectivity index (χ2v) is 5.27. The Morgan fingerprint density at radius 3 is 2.89 bits per heavy atom. The summed E-state index contributed by atoms with van der Waals surface area (Å²) >= 11 is 0. The average molecular weight is 264 g/mol. The lowest BCUT2D eigenvalue weighted by Crippen LogP contribution is -2.43. The van der Waals surface area contributed by atoms with Gasteiger partial charge in [0.25, 0.3) is 0 Å². The molecule has 1 aliphatic heterocycles. The molecule has 1 heterocycles. The van der Waals surface area contributed by atoms with Crippen LogP contribution >= 0.6 is 0 Å². The molecule has 2 unspecified atom stereocenters. The molecule has 1 saturated heterocycles. The third kappa shape index (κ3) is 3.47. The Morgan fingerprint density at radius 2 is 2.26 bits per heavy atom. The van der Waals surface area contributed by atoms with Crippen molar-refractivity contribution in [3.63, 3.8) is 0 Å². The first-order valence-corrected chi connectivity index (χ1v) is 6.83. The van der Waals surface area contributed by atoms with Gasteiger partial charge in [0.15, 0.2) is 0 Å². The van der Waals surface area contributed by atoms with Gasteiger partial charge < -0.3 is 20.5 Å². The van der Waals surface area contributed by atoms with Crippen LogP contribution < -0.4 is 15.8 Å². The molecule has 0 spiro atoms. The molecule has 2 atom stereocenters. The Hall–Kier alpha value is -1.10. The van der Waals surface area contributed by atoms with Gasteiger partial charge >= 0.3 is 0 Å². The Kier molecular flexibility index (Phi) is 4.80. The van der Waals surface area contributed by atoms with Crippen molar-refractivity contribution >= 4 is 0 Å². The van der Waals surface area contributed by atoms with E-state index in [9.17, 15) is 0 Å². The van der Waals surface area contributed by atoms with Gasteiger partial charge in [0.2, 0.25) is 0 Å². The molecule has 1 aromatic rings. The molecular formula is C15H24N2O2. The van der Waals surface area contributed by atoms with Crippen LogP contribution in [0.2, 0.25) is 0 Å². The van der Waals surface area contributed by atoms with E-state index < -0.39 is 0 Å². The standard InChI is InChI=1S/C15H24N2O2/c1-10-6-11(2)15(14(7-10)18-3)13(16)8-12-9-19-5-4-17-12/h6-7,12-13,17H,4-5,8-9,16H2,1-3H3. The number of hydrogen-bond acceptors (Lipinski definition) is 4. The van der Waals surface area contributed by atoms with E-state index in [2.05, 4.69) is 25.2 Å². The molecule has 1 aliphatic rings. The minimum absolute atomic E-state index is 0.0326. The zero-order chi connectivity index (χ0) is 13.8. The summed E-state index contributed by atoms with van der Waals surface area (Å²) in [5.74, 6) is 0.890. The van der Waals surface area contributed by atoms with Gasteiger partial charge in [0.1, 0.15) is 5.75 Å². The average Bonchev–Trinajstić information content (AvgIpc) is 2.38. The fourth-order valence-electron chi connectivity index (χ4n) is 2.78. The molecule has 2 rings (SSSR count). The number of aryl methyl sites for hydroxylation is 2. The largest absolute Gasteiger partial charge is 0.496 e. The highest BCUT2D eigenvalue weighted by Gasteiger charge is 2.21. The number of methoxy groups -OCH3 is 1. The SMILES string of the molecule is COc1cc(C)cc(C)c1C(N)CC1COCCN1. The summed E-state index contributed by atoms with van der Waals surface area (Å²) < 4.78 is 11.0. The van der Waals surface area contributed by atoms with Crippen molar-refractivity contribution in [2.75, 3.05) is 26.9 Å². The summed E-state index contributed by atoms with van der Waals surface area (Å²) in [7, 11) is 1.70. The third-order valence-electron chi connectivity index (χ3n) is 3.62. The van der Waals surface area contributed by atoms with Crippen LogP contribution in [-0.4, -0.2) is 32.9 Å². The van der Waals surface area contributed by atoms with Crippen LogP contribution in [0.1, 0.15) is 29.2 Å². The highest BCUT2D eigenvalue weighted by Crippen LogP contribution is 2.31.